The van der Waals surface area contributed by atoms with Crippen molar-refractivity contribution in [3.8, 4) is 0 Å². The predicted molar refractivity (Wildman–Crippen MR) is 388 cm³/mol. The molecule has 25 nitrogen and oxygen atoms in total. The summed E-state index contributed by atoms with van der Waals surface area (Å²) in [5.41, 5.74) is -2.36. The fourth-order valence-electron chi connectivity index (χ4n) is 18.2. The van der Waals surface area contributed by atoms with E-state index in [9.17, 15) is 55.1 Å². The van der Waals surface area contributed by atoms with Crippen LogP contribution < -0.4 is 16.0 Å². The van der Waals surface area contributed by atoms with Gasteiger partial charge < -0.3 is 64.8 Å². The van der Waals surface area contributed by atoms with E-state index in [1.807, 2.05) is 13.8 Å². The number of likely N-dealkylation sites (N-methyl/N-ethyl adjacent to an activating group) is 7. The van der Waals surface area contributed by atoms with Crippen molar-refractivity contribution in [2.45, 2.75) is 267 Å². The average Bonchev–Trinajstić information content (AvgIpc) is 0.792. The van der Waals surface area contributed by atoms with Gasteiger partial charge in [0.25, 0.3) is 0 Å². The van der Waals surface area contributed by atoms with Crippen molar-refractivity contribution in [2.24, 2.45) is 46.8 Å². The van der Waals surface area contributed by atoms with Crippen molar-refractivity contribution in [3.63, 3.8) is 0 Å². The highest BCUT2D eigenvalue weighted by Crippen LogP contribution is 2.51. The van der Waals surface area contributed by atoms with Crippen molar-refractivity contribution in [1.29, 1.82) is 0 Å². The maximum absolute atomic E-state index is 15.8. The van der Waals surface area contributed by atoms with Gasteiger partial charge in [-0.2, -0.15) is 26.3 Å². The first-order valence-electron chi connectivity index (χ1n) is 39.4. The van der Waals surface area contributed by atoms with Crippen LogP contribution in [0.3, 0.4) is 0 Å². The Labute approximate surface area is 641 Å². The quantitative estimate of drug-likeness (QED) is 0.127. The molecule has 2 bridgehead atoms. The Morgan fingerprint density at radius 1 is 0.627 bits per heavy atom. The molecule has 0 aromatic rings. The molecule has 0 aromatic carbocycles. The zero-order valence-electron chi connectivity index (χ0n) is 66.2. The third-order valence-electron chi connectivity index (χ3n) is 24.8. The van der Waals surface area contributed by atoms with Gasteiger partial charge >= 0.3 is 12.4 Å². The van der Waals surface area contributed by atoms with Crippen molar-refractivity contribution in [3.05, 3.63) is 12.2 Å². The van der Waals surface area contributed by atoms with Gasteiger partial charge in [0.2, 0.25) is 70.9 Å². The van der Waals surface area contributed by atoms with Crippen molar-refractivity contribution in [1.82, 2.24) is 60.0 Å². The molecule has 0 radical (unpaired) electrons. The van der Waals surface area contributed by atoms with Crippen molar-refractivity contribution in [2.75, 3.05) is 89.2 Å². The highest BCUT2D eigenvalue weighted by molar-refractivity contribution is 6.01. The number of amides is 12. The number of alkyl halides is 8. The number of ether oxygens (including phenoxy) is 1. The summed E-state index contributed by atoms with van der Waals surface area (Å²) in [5.74, 6) is -16.7. The van der Waals surface area contributed by atoms with Crippen LogP contribution in [-0.2, 0) is 62.3 Å². The minimum absolute atomic E-state index is 0.00213. The molecular formula is C77H118F8N12O13. The first kappa shape index (κ1) is 88.3. The Bertz CT molecular complexity index is 3340. The van der Waals surface area contributed by atoms with E-state index in [0.717, 1.165) is 37.3 Å². The maximum atomic E-state index is 15.8. The number of carbonyl (C=O) groups excluding carboxylic acids is 12. The van der Waals surface area contributed by atoms with Crippen molar-refractivity contribution < 1.29 is 97.4 Å². The second-order valence-electron chi connectivity index (χ2n) is 33.9. The zero-order chi connectivity index (χ0) is 81.6. The lowest BCUT2D eigenvalue weighted by Gasteiger charge is -2.54. The zero-order valence-corrected chi connectivity index (χ0v) is 66.2. The van der Waals surface area contributed by atoms with Crippen LogP contribution in [0.4, 0.5) is 35.1 Å². The SMILES string of the molecule is CCO[C@@H]1C[C@H]2C(=O)NC3(CC(C)(C)C3)C(=O)N(C)[C@@H](C3CCCC3)C(=O)N(C)[C@H](C(=O)N(C)C)CC(=O)N(C)[C@@H](CC3CC3)C(=O)N[C@@H]([C@@H](C)CC)C(=O)N(C)CC(=O)N(C)[C@H]3C/C=C\CCN(C3=O)[C@@H](CC3CCC(C(F)(F)F)CC3)C(=O)N(C)CC(=O)N[C@@H](CCC3CC(F)C(C(F)(F)F)C(F)C3)C(=O)N2C1. The molecule has 2 unspecified atom stereocenters. The van der Waals surface area contributed by atoms with Crippen LogP contribution in [0.1, 0.15) is 182 Å². The first-order valence-corrected chi connectivity index (χ1v) is 39.4. The Morgan fingerprint density at radius 2 is 1.22 bits per heavy atom. The molecule has 5 aliphatic carbocycles. The summed E-state index contributed by atoms with van der Waals surface area (Å²) in [7, 11) is 11.0. The highest BCUT2D eigenvalue weighted by Gasteiger charge is 2.60. The number of hydrogen-bond donors (Lipinski definition) is 3. The summed E-state index contributed by atoms with van der Waals surface area (Å²) >= 11 is 0. The second-order valence-corrected chi connectivity index (χ2v) is 33.9. The second kappa shape index (κ2) is 36.7. The molecule has 2 saturated heterocycles. The number of fused-ring (bicyclic) bond motifs is 3. The number of nitrogens with zero attached hydrogens (tertiary/aromatic N) is 9. The number of hydrogen-bond acceptors (Lipinski definition) is 13. The van der Waals surface area contributed by atoms with E-state index < -0.39 is 235 Å². The highest BCUT2D eigenvalue weighted by atomic mass is 19.4. The molecule has 12 amide bonds. The molecule has 7 fully saturated rings. The molecule has 8 aliphatic rings. The number of halogens is 8. The molecule has 8 rings (SSSR count). The van der Waals surface area contributed by atoms with Crippen LogP contribution in [0.25, 0.3) is 0 Å². The van der Waals surface area contributed by atoms with Gasteiger partial charge in [0.1, 0.15) is 72.1 Å². The third kappa shape index (κ3) is 21.2. The van der Waals surface area contributed by atoms with E-state index in [-0.39, 0.29) is 103 Å². The number of rotatable bonds is 13. The van der Waals surface area contributed by atoms with Crippen molar-refractivity contribution >= 4 is 70.9 Å². The fraction of sp³-hybridized carbons (Fsp3) is 0.818. The number of nitrogens with one attached hydrogen (secondary N) is 3. The number of carbonyl (C=O) groups is 12. The largest absolute Gasteiger partial charge is 0.397 e. The molecule has 12 atom stereocenters. The molecule has 620 valence electrons. The van der Waals surface area contributed by atoms with Gasteiger partial charge in [0.05, 0.1) is 31.5 Å². The van der Waals surface area contributed by atoms with E-state index in [0.29, 0.717) is 32.1 Å². The van der Waals surface area contributed by atoms with Gasteiger partial charge in [0, 0.05) is 82.5 Å². The first-order chi connectivity index (χ1) is 51.4. The van der Waals surface area contributed by atoms with E-state index in [1.54, 1.807) is 32.9 Å². The molecule has 33 heteroatoms. The van der Waals surface area contributed by atoms with Gasteiger partial charge in [0.15, 0.2) is 0 Å². The van der Waals surface area contributed by atoms with E-state index in [4.69, 9.17) is 4.74 Å². The Balaban J connectivity index is 1.21. The van der Waals surface area contributed by atoms with E-state index in [2.05, 4.69) is 16.0 Å². The van der Waals surface area contributed by atoms with Crippen LogP contribution >= 0.6 is 0 Å². The fourth-order valence-corrected chi connectivity index (χ4v) is 18.2. The topological polar surface area (TPSA) is 279 Å². The molecular weight excluding hydrogens is 1450 g/mol. The summed E-state index contributed by atoms with van der Waals surface area (Å²) in [4.78, 5) is 193. The van der Waals surface area contributed by atoms with Crippen LogP contribution in [0.5, 0.6) is 0 Å². The van der Waals surface area contributed by atoms with Crippen LogP contribution in [0, 0.1) is 46.8 Å². The van der Waals surface area contributed by atoms with Gasteiger partial charge in [-0.15, -0.1) is 0 Å². The molecule has 3 heterocycles. The summed E-state index contributed by atoms with van der Waals surface area (Å²) in [6.07, 6.45) is -12.1. The summed E-state index contributed by atoms with van der Waals surface area (Å²) in [5, 5.41) is 8.51. The molecule has 5 saturated carbocycles. The van der Waals surface area contributed by atoms with Gasteiger partial charge in [-0.1, -0.05) is 72.0 Å². The smallest absolute Gasteiger partial charge is 0.377 e. The standard InChI is InChI=1S/C77H118F8N12O13/c1-14-44(3)63-71(107)91(9)41-61(100)92(10)54-23-17-16-20-32-96(70(54)106)58(36-46-26-29-49(30-27-46)76(80,81)82)69(105)90(8)40-59(98)86-53(31-28-47-33-51(78)62(52(79)34-47)77(83,84)85)67(103)97-39-50(110-15-2)37-56(97)66(102)88-75(42-74(4,5)43-75)73(109)95(13)64(48-21-18-19-22-48)72(108)94(12)57(68(104)89(6)7)38-60(99)93(11)55(65(101)87-63)35-45-24-25-45/h16-17,44-58,62-64H,14-15,18-43H2,1-13H3,(H,86,98)(H,87,101)(H,88,102)/b17-16-/t44-,46?,47?,49?,50+,51?,52?,53-,54-,55-,56-,57-,58-,62?,63-,64-/m0/s1. The van der Waals surface area contributed by atoms with Crippen LogP contribution in [-0.4, -0.2) is 289 Å². The maximum Gasteiger partial charge on any atom is 0.397 e. The monoisotopic (exact) mass is 1570 g/mol. The van der Waals surface area contributed by atoms with E-state index >= 15 is 37.5 Å². The summed E-state index contributed by atoms with van der Waals surface area (Å²) < 4.78 is 122. The average molecular weight is 1570 g/mol. The third-order valence-corrected chi connectivity index (χ3v) is 24.8. The molecule has 110 heavy (non-hydrogen) atoms. The lowest BCUT2D eigenvalue weighted by molar-refractivity contribution is -0.219. The molecule has 3 aliphatic heterocycles. The Hall–Kier alpha value is -7.22. The predicted octanol–water partition coefficient (Wildman–Crippen LogP) is 6.74. The Morgan fingerprint density at radius 3 is 1.77 bits per heavy atom. The van der Waals surface area contributed by atoms with Gasteiger partial charge in [-0.3, -0.25) is 57.5 Å². The Kier molecular flexibility index (Phi) is 29.5. The lowest BCUT2D eigenvalue weighted by atomic mass is 9.58. The summed E-state index contributed by atoms with van der Waals surface area (Å²) in [6.45, 7) is 6.99. The van der Waals surface area contributed by atoms with Crippen LogP contribution in [0.15, 0.2) is 12.2 Å². The normalized spacial score (nSPS) is 32.7. The van der Waals surface area contributed by atoms with Crippen LogP contribution in [0.2, 0.25) is 0 Å². The van der Waals surface area contributed by atoms with E-state index in [1.165, 1.54) is 76.0 Å². The molecule has 1 spiro atoms. The molecule has 0 aromatic heterocycles. The lowest BCUT2D eigenvalue weighted by Crippen LogP contribution is -2.71. The minimum atomic E-state index is -5.22. The minimum Gasteiger partial charge on any atom is -0.377 e. The molecule has 3 N–H and O–H groups in total. The van der Waals surface area contributed by atoms with Gasteiger partial charge in [-0.25, -0.2) is 8.78 Å². The summed E-state index contributed by atoms with van der Waals surface area (Å²) in [6, 6.07) is -11.3. The van der Waals surface area contributed by atoms with Gasteiger partial charge in [-0.05, 0) is 145 Å².